The van der Waals surface area contributed by atoms with Crippen LogP contribution in [0.5, 0.6) is 0 Å². The molecule has 0 saturated carbocycles. The summed E-state index contributed by atoms with van der Waals surface area (Å²) in [5.74, 6) is 0. The predicted molar refractivity (Wildman–Crippen MR) is 322 cm³/mol. The molecule has 0 unspecified atom stereocenters. The van der Waals surface area contributed by atoms with Crippen molar-refractivity contribution in [3.8, 4) is 66.8 Å². The van der Waals surface area contributed by atoms with Crippen LogP contribution in [-0.4, -0.2) is 0 Å². The lowest BCUT2D eigenvalue weighted by Gasteiger charge is -2.32. The number of thiophene rings is 1. The van der Waals surface area contributed by atoms with E-state index in [0.717, 1.165) is 17.1 Å². The molecule has 0 radical (unpaired) electrons. The van der Waals surface area contributed by atoms with E-state index in [-0.39, 0.29) is 5.41 Å². The van der Waals surface area contributed by atoms with Crippen molar-refractivity contribution in [1.82, 2.24) is 0 Å². The molecule has 2 heteroatoms. The second kappa shape index (κ2) is 16.2. The number of hydrogen-bond donors (Lipinski definition) is 0. The Kier molecular flexibility index (Phi) is 9.24. The maximum atomic E-state index is 2.52. The van der Waals surface area contributed by atoms with Crippen molar-refractivity contribution in [2.24, 2.45) is 0 Å². The van der Waals surface area contributed by atoms with Crippen LogP contribution in [0.25, 0.3) is 97.7 Å². The van der Waals surface area contributed by atoms with Crippen LogP contribution in [0.1, 0.15) is 47.2 Å². The Morgan fingerprint density at radius 3 is 1.36 bits per heavy atom. The molecule has 0 amide bonds. The summed E-state index contributed by atoms with van der Waals surface area (Å²) in [4.78, 5) is 2.52. The first-order valence-electron chi connectivity index (χ1n) is 26.6. The van der Waals surface area contributed by atoms with Crippen LogP contribution < -0.4 is 4.90 Å². The van der Waals surface area contributed by atoms with Gasteiger partial charge in [-0.3, -0.25) is 0 Å². The van der Waals surface area contributed by atoms with Gasteiger partial charge >= 0.3 is 0 Å². The van der Waals surface area contributed by atoms with Gasteiger partial charge in [-0.1, -0.05) is 232 Å². The number of benzene rings is 12. The standard InChI is InChI=1S/C74H49NS/c1-73(2)62-27-13-8-20-53(62)57-42-40-51(44-66(57)73)75(52-41-43-58-56-23-11-16-30-65(56)74(67(58)45-52)63-28-14-9-21-54(63)55-22-10-15-29-64(55)74)50-38-36-49(37-39-50)70-69(48-34-32-47(33-35-48)46-18-4-3-5-19-46)59-24-6-7-25-60(59)72-71(70)61-26-12-17-31-68(61)76-72/h3-45H,1-2H3. The highest BCUT2D eigenvalue weighted by Gasteiger charge is 2.51. The van der Waals surface area contributed by atoms with Crippen molar-refractivity contribution in [3.63, 3.8) is 0 Å². The van der Waals surface area contributed by atoms with Crippen LogP contribution in [-0.2, 0) is 10.8 Å². The van der Waals surface area contributed by atoms with Crippen molar-refractivity contribution in [2.45, 2.75) is 24.7 Å². The first-order valence-corrected chi connectivity index (χ1v) is 27.4. The highest BCUT2D eigenvalue weighted by molar-refractivity contribution is 7.26. The summed E-state index contributed by atoms with van der Waals surface area (Å²) in [6.45, 7) is 4.77. The van der Waals surface area contributed by atoms with Crippen LogP contribution in [0.2, 0.25) is 0 Å². The number of anilines is 3. The zero-order chi connectivity index (χ0) is 50.3. The van der Waals surface area contributed by atoms with Gasteiger partial charge in [0, 0.05) is 48.0 Å². The molecule has 16 rings (SSSR count). The van der Waals surface area contributed by atoms with Gasteiger partial charge in [-0.2, -0.15) is 0 Å². The maximum absolute atomic E-state index is 2.52. The minimum atomic E-state index is -0.466. The molecule has 1 spiro atoms. The molecule has 0 bridgehead atoms. The molecule has 1 nitrogen and oxygen atoms in total. The van der Waals surface area contributed by atoms with E-state index in [1.165, 1.54) is 131 Å². The summed E-state index contributed by atoms with van der Waals surface area (Å²) >= 11 is 1.91. The molecule has 13 aromatic rings. The molecule has 3 aliphatic rings. The van der Waals surface area contributed by atoms with E-state index < -0.39 is 5.41 Å². The lowest BCUT2D eigenvalue weighted by atomic mass is 9.70. The van der Waals surface area contributed by atoms with Gasteiger partial charge in [0.2, 0.25) is 0 Å². The van der Waals surface area contributed by atoms with Crippen LogP contribution in [0.15, 0.2) is 261 Å². The van der Waals surface area contributed by atoms with Gasteiger partial charge in [-0.25, -0.2) is 0 Å². The van der Waals surface area contributed by atoms with Crippen LogP contribution in [0.4, 0.5) is 17.1 Å². The quantitative estimate of drug-likeness (QED) is 0.160. The molecule has 3 aliphatic carbocycles. The average Bonchev–Trinajstić information content (AvgIpc) is 4.19. The van der Waals surface area contributed by atoms with Gasteiger partial charge in [-0.15, -0.1) is 11.3 Å². The first-order chi connectivity index (χ1) is 37.5. The molecule has 1 aromatic heterocycles. The van der Waals surface area contributed by atoms with Crippen molar-refractivity contribution in [3.05, 3.63) is 294 Å². The SMILES string of the molecule is CC1(C)c2ccccc2-c2ccc(N(c3ccc(-c4c(-c5ccc(-c6ccccc6)cc5)c5ccccc5c5sc6ccccc6c45)cc3)c3ccc4c(c3)C3(c5ccccc5-c5ccccc53)c3ccccc3-4)cc21. The molecule has 356 valence electrons. The predicted octanol–water partition coefficient (Wildman–Crippen LogP) is 20.3. The molecular formula is C74H49NS. The van der Waals surface area contributed by atoms with Crippen molar-refractivity contribution < 1.29 is 0 Å². The molecule has 0 fully saturated rings. The third-order valence-electron chi connectivity index (χ3n) is 17.3. The van der Waals surface area contributed by atoms with Crippen LogP contribution >= 0.6 is 11.3 Å². The normalized spacial score (nSPS) is 13.9. The van der Waals surface area contributed by atoms with E-state index in [4.69, 9.17) is 0 Å². The van der Waals surface area contributed by atoms with Gasteiger partial charge in [-0.05, 0) is 148 Å². The number of fused-ring (bicyclic) bond motifs is 18. The van der Waals surface area contributed by atoms with Crippen molar-refractivity contribution >= 4 is 59.3 Å². The molecule has 0 saturated heterocycles. The molecule has 0 N–H and O–H groups in total. The Morgan fingerprint density at radius 2 is 0.724 bits per heavy atom. The molecule has 76 heavy (non-hydrogen) atoms. The van der Waals surface area contributed by atoms with Crippen molar-refractivity contribution in [1.29, 1.82) is 0 Å². The summed E-state index contributed by atoms with van der Waals surface area (Å²) in [6, 6.07) is 98.3. The number of nitrogens with zero attached hydrogens (tertiary/aromatic N) is 1. The van der Waals surface area contributed by atoms with Crippen molar-refractivity contribution in [2.75, 3.05) is 4.90 Å². The van der Waals surface area contributed by atoms with Crippen LogP contribution in [0, 0.1) is 0 Å². The van der Waals surface area contributed by atoms with Gasteiger partial charge < -0.3 is 4.90 Å². The number of hydrogen-bond acceptors (Lipinski definition) is 2. The third-order valence-corrected chi connectivity index (χ3v) is 18.5. The Bertz CT molecular complexity index is 4470. The minimum Gasteiger partial charge on any atom is -0.310 e. The Hall–Kier alpha value is -9.08. The van der Waals surface area contributed by atoms with E-state index in [1.54, 1.807) is 0 Å². The topological polar surface area (TPSA) is 3.24 Å². The highest BCUT2D eigenvalue weighted by atomic mass is 32.1. The largest absolute Gasteiger partial charge is 0.310 e. The van der Waals surface area contributed by atoms with E-state index in [0.29, 0.717) is 0 Å². The van der Waals surface area contributed by atoms with E-state index >= 15 is 0 Å². The Labute approximate surface area is 447 Å². The molecular weight excluding hydrogens is 935 g/mol. The Balaban J connectivity index is 0.927. The first kappa shape index (κ1) is 43.3. The van der Waals surface area contributed by atoms with Crippen LogP contribution in [0.3, 0.4) is 0 Å². The summed E-state index contributed by atoms with van der Waals surface area (Å²) in [5.41, 5.74) is 26.1. The summed E-state index contributed by atoms with van der Waals surface area (Å²) < 4.78 is 2.63. The number of rotatable bonds is 6. The molecule has 1 heterocycles. The third kappa shape index (κ3) is 5.96. The zero-order valence-electron chi connectivity index (χ0n) is 42.2. The van der Waals surface area contributed by atoms with Gasteiger partial charge in [0.05, 0.1) is 5.41 Å². The fraction of sp³-hybridized carbons (Fsp3) is 0.0541. The monoisotopic (exact) mass is 983 g/mol. The average molecular weight is 984 g/mol. The molecule has 0 aliphatic heterocycles. The van der Waals surface area contributed by atoms with Gasteiger partial charge in [0.25, 0.3) is 0 Å². The van der Waals surface area contributed by atoms with Gasteiger partial charge in [0.15, 0.2) is 0 Å². The minimum absolute atomic E-state index is 0.168. The van der Waals surface area contributed by atoms with E-state index in [9.17, 15) is 0 Å². The van der Waals surface area contributed by atoms with E-state index in [2.05, 4.69) is 280 Å². The fourth-order valence-corrected chi connectivity index (χ4v) is 15.2. The maximum Gasteiger partial charge on any atom is 0.0726 e. The smallest absolute Gasteiger partial charge is 0.0726 e. The Morgan fingerprint density at radius 1 is 0.303 bits per heavy atom. The summed E-state index contributed by atoms with van der Waals surface area (Å²) in [7, 11) is 0. The zero-order valence-corrected chi connectivity index (χ0v) is 43.0. The summed E-state index contributed by atoms with van der Waals surface area (Å²) in [5, 5.41) is 5.16. The van der Waals surface area contributed by atoms with E-state index in [1.807, 2.05) is 11.3 Å². The second-order valence-electron chi connectivity index (χ2n) is 21.4. The highest BCUT2D eigenvalue weighted by Crippen LogP contribution is 2.64. The fourth-order valence-electron chi connectivity index (χ4n) is 14.0. The molecule has 12 aromatic carbocycles. The molecule has 0 atom stereocenters. The summed E-state index contributed by atoms with van der Waals surface area (Å²) in [6.07, 6.45) is 0. The van der Waals surface area contributed by atoms with Gasteiger partial charge in [0.1, 0.15) is 0 Å². The lowest BCUT2D eigenvalue weighted by Crippen LogP contribution is -2.26. The second-order valence-corrected chi connectivity index (χ2v) is 22.5. The lowest BCUT2D eigenvalue weighted by molar-refractivity contribution is 0.660.